The molecule has 0 spiro atoms. The van der Waals surface area contributed by atoms with Crippen LogP contribution in [0.15, 0.2) is 0 Å². The van der Waals surface area contributed by atoms with Gasteiger partial charge in [0.05, 0.1) is 12.2 Å². The summed E-state index contributed by atoms with van der Waals surface area (Å²) in [7, 11) is 0. The Hall–Kier alpha value is -0.0800. The topological polar surface area (TPSA) is 40.5 Å². The average molecular weight is 130 g/mol. The molecule has 2 N–H and O–H groups in total. The molecule has 2 heteroatoms. The smallest absolute Gasteiger partial charge is 0.0824 e. The largest absolute Gasteiger partial charge is 0.390 e. The standard InChI is InChI=1S/C7H14O2/c1-5-3-2-4-6(8)7(5)9/h5-9H,2-4H2,1H3/t5-,6-,7+/m1/s1. The lowest BCUT2D eigenvalue weighted by Crippen LogP contribution is -2.35. The van der Waals surface area contributed by atoms with E-state index in [9.17, 15) is 5.11 Å². The Balaban J connectivity index is 2.41. The van der Waals surface area contributed by atoms with E-state index in [4.69, 9.17) is 5.11 Å². The van der Waals surface area contributed by atoms with E-state index in [0.717, 1.165) is 19.3 Å². The highest BCUT2D eigenvalue weighted by atomic mass is 16.3. The molecule has 54 valence electrons. The fraction of sp³-hybridized carbons (Fsp3) is 1.00. The minimum absolute atomic E-state index is 0.286. The van der Waals surface area contributed by atoms with Gasteiger partial charge in [-0.25, -0.2) is 0 Å². The van der Waals surface area contributed by atoms with E-state index in [1.54, 1.807) is 0 Å². The number of rotatable bonds is 0. The molecule has 3 atom stereocenters. The number of hydrogen-bond acceptors (Lipinski definition) is 2. The third kappa shape index (κ3) is 1.43. The maximum absolute atomic E-state index is 9.20. The highest BCUT2D eigenvalue weighted by Crippen LogP contribution is 2.23. The first kappa shape index (κ1) is 7.03. The van der Waals surface area contributed by atoms with Crippen LogP contribution in [-0.2, 0) is 0 Å². The minimum atomic E-state index is -0.473. The second-order valence-corrected chi connectivity index (χ2v) is 2.97. The monoisotopic (exact) mass is 130 g/mol. The van der Waals surface area contributed by atoms with Crippen molar-refractivity contribution in [1.82, 2.24) is 0 Å². The van der Waals surface area contributed by atoms with Crippen LogP contribution in [0.1, 0.15) is 26.2 Å². The van der Waals surface area contributed by atoms with Crippen molar-refractivity contribution in [2.45, 2.75) is 38.4 Å². The molecule has 0 aromatic heterocycles. The molecule has 0 aromatic rings. The van der Waals surface area contributed by atoms with E-state index >= 15 is 0 Å². The molecular weight excluding hydrogens is 116 g/mol. The zero-order valence-electron chi connectivity index (χ0n) is 5.75. The van der Waals surface area contributed by atoms with Crippen LogP contribution < -0.4 is 0 Å². The molecule has 1 aliphatic carbocycles. The Morgan fingerprint density at radius 3 is 2.33 bits per heavy atom. The molecule has 0 heterocycles. The van der Waals surface area contributed by atoms with Gasteiger partial charge in [-0.1, -0.05) is 13.3 Å². The van der Waals surface area contributed by atoms with Gasteiger partial charge < -0.3 is 10.2 Å². The zero-order chi connectivity index (χ0) is 6.85. The van der Waals surface area contributed by atoms with Crippen LogP contribution >= 0.6 is 0 Å². The van der Waals surface area contributed by atoms with Gasteiger partial charge in [-0.2, -0.15) is 0 Å². The highest BCUT2D eigenvalue weighted by Gasteiger charge is 2.26. The molecule has 1 saturated carbocycles. The molecule has 0 aliphatic heterocycles. The van der Waals surface area contributed by atoms with Crippen LogP contribution in [0.25, 0.3) is 0 Å². The van der Waals surface area contributed by atoms with Gasteiger partial charge in [-0.3, -0.25) is 0 Å². The summed E-state index contributed by atoms with van der Waals surface area (Å²) < 4.78 is 0. The molecule has 0 amide bonds. The van der Waals surface area contributed by atoms with Crippen LogP contribution in [0.4, 0.5) is 0 Å². The summed E-state index contributed by atoms with van der Waals surface area (Å²) in [4.78, 5) is 0. The summed E-state index contributed by atoms with van der Waals surface area (Å²) in [6.45, 7) is 1.98. The van der Waals surface area contributed by atoms with Gasteiger partial charge in [-0.15, -0.1) is 0 Å². The molecule has 1 fully saturated rings. The Bertz CT molecular complexity index is 82.9. The maximum Gasteiger partial charge on any atom is 0.0824 e. The number of aliphatic hydroxyl groups excluding tert-OH is 2. The summed E-state index contributed by atoms with van der Waals surface area (Å²) in [5.41, 5.74) is 0. The normalized spacial score (nSPS) is 45.0. The Kier molecular flexibility index (Phi) is 2.09. The third-order valence-corrected chi connectivity index (χ3v) is 2.14. The predicted molar refractivity (Wildman–Crippen MR) is 35.0 cm³/mol. The van der Waals surface area contributed by atoms with Crippen molar-refractivity contribution in [3.8, 4) is 0 Å². The van der Waals surface area contributed by atoms with Crippen LogP contribution in [0.2, 0.25) is 0 Å². The molecule has 0 bridgehead atoms. The summed E-state index contributed by atoms with van der Waals surface area (Å²) in [5, 5.41) is 18.3. The summed E-state index contributed by atoms with van der Waals surface area (Å²) >= 11 is 0. The first-order valence-electron chi connectivity index (χ1n) is 3.58. The van der Waals surface area contributed by atoms with Gasteiger partial charge in [0.1, 0.15) is 0 Å². The van der Waals surface area contributed by atoms with Crippen LogP contribution in [-0.4, -0.2) is 22.4 Å². The summed E-state index contributed by atoms with van der Waals surface area (Å²) in [5.74, 6) is 0.286. The quantitative estimate of drug-likeness (QED) is 0.502. The molecule has 2 nitrogen and oxygen atoms in total. The second kappa shape index (κ2) is 2.67. The van der Waals surface area contributed by atoms with E-state index in [-0.39, 0.29) is 5.92 Å². The SMILES string of the molecule is C[C@@H]1CCC[C@@H](O)[C@H]1O. The molecule has 1 rings (SSSR count). The van der Waals surface area contributed by atoms with Gasteiger partial charge >= 0.3 is 0 Å². The van der Waals surface area contributed by atoms with Crippen molar-refractivity contribution in [1.29, 1.82) is 0 Å². The minimum Gasteiger partial charge on any atom is -0.390 e. The molecule has 9 heavy (non-hydrogen) atoms. The van der Waals surface area contributed by atoms with Crippen molar-refractivity contribution in [2.24, 2.45) is 5.92 Å². The molecule has 0 aromatic carbocycles. The average Bonchev–Trinajstić information content (AvgIpc) is 1.83. The summed E-state index contributed by atoms with van der Waals surface area (Å²) in [6, 6.07) is 0. The van der Waals surface area contributed by atoms with Crippen molar-refractivity contribution in [2.75, 3.05) is 0 Å². The van der Waals surface area contributed by atoms with Crippen molar-refractivity contribution in [3.63, 3.8) is 0 Å². The molecular formula is C7H14O2. The van der Waals surface area contributed by atoms with E-state index in [0.29, 0.717) is 0 Å². The lowest BCUT2D eigenvalue weighted by Gasteiger charge is -2.28. The number of aliphatic hydroxyl groups is 2. The molecule has 0 saturated heterocycles. The lowest BCUT2D eigenvalue weighted by molar-refractivity contribution is -0.0391. The molecule has 0 radical (unpaired) electrons. The second-order valence-electron chi connectivity index (χ2n) is 2.97. The predicted octanol–water partition coefficient (Wildman–Crippen LogP) is 0.528. The lowest BCUT2D eigenvalue weighted by atomic mass is 9.86. The first-order chi connectivity index (χ1) is 4.22. The Morgan fingerprint density at radius 1 is 1.22 bits per heavy atom. The van der Waals surface area contributed by atoms with Crippen molar-refractivity contribution < 1.29 is 10.2 Å². The van der Waals surface area contributed by atoms with Crippen LogP contribution in [0, 0.1) is 5.92 Å². The van der Waals surface area contributed by atoms with Gasteiger partial charge in [-0.05, 0) is 18.8 Å². The number of hydrogen-bond donors (Lipinski definition) is 2. The Labute approximate surface area is 55.5 Å². The van der Waals surface area contributed by atoms with Crippen molar-refractivity contribution in [3.05, 3.63) is 0 Å². The Morgan fingerprint density at radius 2 is 1.89 bits per heavy atom. The third-order valence-electron chi connectivity index (χ3n) is 2.14. The van der Waals surface area contributed by atoms with Gasteiger partial charge in [0.25, 0.3) is 0 Å². The molecule has 1 aliphatic rings. The fourth-order valence-corrected chi connectivity index (χ4v) is 1.37. The van der Waals surface area contributed by atoms with E-state index in [1.807, 2.05) is 6.92 Å². The maximum atomic E-state index is 9.20. The van der Waals surface area contributed by atoms with Gasteiger partial charge in [0, 0.05) is 0 Å². The fourth-order valence-electron chi connectivity index (χ4n) is 1.37. The van der Waals surface area contributed by atoms with Gasteiger partial charge in [0.2, 0.25) is 0 Å². The molecule has 0 unspecified atom stereocenters. The van der Waals surface area contributed by atoms with E-state index in [2.05, 4.69) is 0 Å². The van der Waals surface area contributed by atoms with Crippen molar-refractivity contribution >= 4 is 0 Å². The van der Waals surface area contributed by atoms with E-state index < -0.39 is 12.2 Å². The summed E-state index contributed by atoms with van der Waals surface area (Å²) in [6.07, 6.45) is 1.94. The van der Waals surface area contributed by atoms with E-state index in [1.165, 1.54) is 0 Å². The van der Waals surface area contributed by atoms with Crippen LogP contribution in [0.5, 0.6) is 0 Å². The van der Waals surface area contributed by atoms with Crippen LogP contribution in [0.3, 0.4) is 0 Å². The van der Waals surface area contributed by atoms with Gasteiger partial charge in [0.15, 0.2) is 0 Å². The zero-order valence-corrected chi connectivity index (χ0v) is 5.75. The highest BCUT2D eigenvalue weighted by molar-refractivity contribution is 4.78. The first-order valence-corrected chi connectivity index (χ1v) is 3.58.